The monoisotopic (exact) mass is 556 g/mol. The predicted molar refractivity (Wildman–Crippen MR) is 127 cm³/mol. The lowest BCUT2D eigenvalue weighted by Crippen LogP contribution is -2.44. The Balaban J connectivity index is 1.96. The third-order valence-corrected chi connectivity index (χ3v) is 5.67. The van der Waals surface area contributed by atoms with Crippen molar-refractivity contribution >= 4 is 52.1 Å². The van der Waals surface area contributed by atoms with E-state index in [0.717, 1.165) is 3.57 Å². The first kappa shape index (κ1) is 23.4. The molecule has 31 heavy (non-hydrogen) atoms. The third kappa shape index (κ3) is 5.90. The lowest BCUT2D eigenvalue weighted by atomic mass is 10.1. The Morgan fingerprint density at radius 3 is 2.48 bits per heavy atom. The number of nitrogens with zero attached hydrogens (tertiary/aromatic N) is 1. The fraction of sp³-hybridized carbons (Fsp3) is 0.273. The van der Waals surface area contributed by atoms with E-state index < -0.39 is 5.91 Å². The topological polar surface area (TPSA) is 77.1 Å². The number of ether oxygens (including phenoxy) is 3. The Morgan fingerprint density at radius 1 is 1.10 bits per heavy atom. The van der Waals surface area contributed by atoms with Crippen molar-refractivity contribution in [1.82, 2.24) is 10.2 Å². The molecule has 0 spiro atoms. The second kappa shape index (κ2) is 10.8. The van der Waals surface area contributed by atoms with Gasteiger partial charge in [0.05, 0.1) is 38.0 Å². The first-order valence-corrected chi connectivity index (χ1v) is 11.0. The second-order valence-electron chi connectivity index (χ2n) is 6.66. The summed E-state index contributed by atoms with van der Waals surface area (Å²) in [4.78, 5) is 27.8. The number of amides is 2. The summed E-state index contributed by atoms with van der Waals surface area (Å²) in [5, 5.41) is 3.05. The number of carbonyl (C=O) groups is 2. The van der Waals surface area contributed by atoms with E-state index in [1.165, 1.54) is 7.11 Å². The summed E-state index contributed by atoms with van der Waals surface area (Å²) >= 11 is 8.31. The van der Waals surface area contributed by atoms with Crippen LogP contribution >= 0.6 is 34.2 Å². The highest BCUT2D eigenvalue weighted by Gasteiger charge is 2.23. The van der Waals surface area contributed by atoms with Crippen molar-refractivity contribution in [3.8, 4) is 11.5 Å². The maximum atomic E-state index is 13.2. The molecule has 2 amide bonds. The van der Waals surface area contributed by atoms with E-state index in [4.69, 9.17) is 25.8 Å². The third-order valence-electron chi connectivity index (χ3n) is 4.67. The van der Waals surface area contributed by atoms with Crippen LogP contribution in [0.15, 0.2) is 42.1 Å². The largest absolute Gasteiger partial charge is 0.493 e. The van der Waals surface area contributed by atoms with Gasteiger partial charge in [0.2, 0.25) is 0 Å². The van der Waals surface area contributed by atoms with Crippen LogP contribution in [0.5, 0.6) is 11.5 Å². The molecule has 1 aliphatic rings. The SMILES string of the molecule is COc1ccc(C=C(NC(=O)c2cc(I)ccc2Cl)C(=O)N2CCOCC2)cc1OC. The molecule has 2 aromatic rings. The molecule has 3 rings (SSSR count). The van der Waals surface area contributed by atoms with Crippen molar-refractivity contribution in [3.63, 3.8) is 0 Å². The fourth-order valence-corrected chi connectivity index (χ4v) is 3.75. The quantitative estimate of drug-likeness (QED) is 0.435. The van der Waals surface area contributed by atoms with Crippen LogP contribution in [-0.4, -0.2) is 57.2 Å². The lowest BCUT2D eigenvalue weighted by Gasteiger charge is -2.28. The molecule has 0 saturated carbocycles. The van der Waals surface area contributed by atoms with Gasteiger partial charge in [-0.05, 0) is 64.6 Å². The van der Waals surface area contributed by atoms with Gasteiger partial charge in [-0.1, -0.05) is 17.7 Å². The Labute approximate surface area is 199 Å². The summed E-state index contributed by atoms with van der Waals surface area (Å²) in [6.45, 7) is 1.79. The van der Waals surface area contributed by atoms with Crippen LogP contribution in [0.1, 0.15) is 15.9 Å². The molecule has 0 aromatic heterocycles. The van der Waals surface area contributed by atoms with Crippen LogP contribution in [0, 0.1) is 3.57 Å². The summed E-state index contributed by atoms with van der Waals surface area (Å²) in [5.41, 5.74) is 1.10. The van der Waals surface area contributed by atoms with Crippen molar-refractivity contribution in [3.05, 3.63) is 61.8 Å². The van der Waals surface area contributed by atoms with E-state index in [-0.39, 0.29) is 11.6 Å². The Morgan fingerprint density at radius 2 is 1.81 bits per heavy atom. The molecule has 0 radical (unpaired) electrons. The highest BCUT2D eigenvalue weighted by atomic mass is 127. The highest BCUT2D eigenvalue weighted by Crippen LogP contribution is 2.28. The maximum Gasteiger partial charge on any atom is 0.270 e. The summed E-state index contributed by atoms with van der Waals surface area (Å²) in [6, 6.07) is 10.4. The molecule has 1 N–H and O–H groups in total. The van der Waals surface area contributed by atoms with Crippen LogP contribution in [0.2, 0.25) is 5.02 Å². The number of methoxy groups -OCH3 is 2. The molecule has 0 bridgehead atoms. The van der Waals surface area contributed by atoms with Crippen molar-refractivity contribution in [2.75, 3.05) is 40.5 Å². The normalized spacial score (nSPS) is 14.2. The maximum absolute atomic E-state index is 13.2. The van der Waals surface area contributed by atoms with Crippen LogP contribution in [0.3, 0.4) is 0 Å². The standard InChI is InChI=1S/C22H22ClIN2O5/c1-29-19-6-3-14(12-20(19)30-2)11-18(22(28)26-7-9-31-10-8-26)25-21(27)16-13-15(24)4-5-17(16)23/h3-6,11-13H,7-10H2,1-2H3,(H,25,27). The minimum atomic E-state index is -0.461. The van der Waals surface area contributed by atoms with Gasteiger partial charge in [0, 0.05) is 16.7 Å². The highest BCUT2D eigenvalue weighted by molar-refractivity contribution is 14.1. The number of benzene rings is 2. The number of morpholine rings is 1. The van der Waals surface area contributed by atoms with Gasteiger partial charge >= 0.3 is 0 Å². The number of rotatable bonds is 6. The Bertz CT molecular complexity index is 1010. The predicted octanol–water partition coefficient (Wildman–Crippen LogP) is 3.59. The van der Waals surface area contributed by atoms with Gasteiger partial charge in [-0.15, -0.1) is 0 Å². The number of halogens is 2. The minimum Gasteiger partial charge on any atom is -0.493 e. The van der Waals surface area contributed by atoms with Crippen LogP contribution in [0.25, 0.3) is 6.08 Å². The Kier molecular flexibility index (Phi) is 8.16. The van der Waals surface area contributed by atoms with Gasteiger partial charge in [-0.3, -0.25) is 9.59 Å². The van der Waals surface area contributed by atoms with Crippen LogP contribution in [-0.2, 0) is 9.53 Å². The summed E-state index contributed by atoms with van der Waals surface area (Å²) in [5.74, 6) is 0.321. The van der Waals surface area contributed by atoms with E-state index in [1.807, 2.05) is 0 Å². The molecule has 1 saturated heterocycles. The summed E-state index contributed by atoms with van der Waals surface area (Å²) in [6.07, 6.45) is 1.61. The molecular weight excluding hydrogens is 535 g/mol. The number of nitrogens with one attached hydrogen (secondary N) is 1. The zero-order valence-corrected chi connectivity index (χ0v) is 20.0. The molecule has 9 heteroatoms. The molecule has 0 atom stereocenters. The van der Waals surface area contributed by atoms with Gasteiger partial charge < -0.3 is 24.4 Å². The first-order valence-electron chi connectivity index (χ1n) is 9.50. The Hall–Kier alpha value is -2.30. The summed E-state index contributed by atoms with van der Waals surface area (Å²) < 4.78 is 16.8. The minimum absolute atomic E-state index is 0.133. The summed E-state index contributed by atoms with van der Waals surface area (Å²) in [7, 11) is 3.08. The van der Waals surface area contributed by atoms with E-state index >= 15 is 0 Å². The van der Waals surface area contributed by atoms with Gasteiger partial charge in [-0.25, -0.2) is 0 Å². The van der Waals surface area contributed by atoms with Gasteiger partial charge in [0.15, 0.2) is 11.5 Å². The molecule has 1 fully saturated rings. The van der Waals surface area contributed by atoms with E-state index in [2.05, 4.69) is 27.9 Å². The van der Waals surface area contributed by atoms with E-state index in [1.54, 1.807) is 54.5 Å². The van der Waals surface area contributed by atoms with Gasteiger partial charge in [-0.2, -0.15) is 0 Å². The van der Waals surface area contributed by atoms with E-state index in [0.29, 0.717) is 54.0 Å². The van der Waals surface area contributed by atoms with E-state index in [9.17, 15) is 9.59 Å². The molecule has 164 valence electrons. The second-order valence-corrected chi connectivity index (χ2v) is 8.31. The average Bonchev–Trinajstić information content (AvgIpc) is 2.80. The number of carbonyl (C=O) groups excluding carboxylic acids is 2. The van der Waals surface area contributed by atoms with Crippen molar-refractivity contribution in [1.29, 1.82) is 0 Å². The van der Waals surface area contributed by atoms with Crippen molar-refractivity contribution in [2.24, 2.45) is 0 Å². The number of hydrogen-bond acceptors (Lipinski definition) is 5. The van der Waals surface area contributed by atoms with Crippen LogP contribution < -0.4 is 14.8 Å². The smallest absolute Gasteiger partial charge is 0.270 e. The molecular formula is C22H22ClIN2O5. The van der Waals surface area contributed by atoms with Gasteiger partial charge in [0.1, 0.15) is 5.70 Å². The van der Waals surface area contributed by atoms with Crippen LogP contribution in [0.4, 0.5) is 0 Å². The number of hydrogen-bond donors (Lipinski definition) is 1. The molecule has 7 nitrogen and oxygen atoms in total. The molecule has 0 unspecified atom stereocenters. The molecule has 2 aromatic carbocycles. The fourth-order valence-electron chi connectivity index (χ4n) is 3.06. The molecule has 1 aliphatic heterocycles. The molecule has 0 aliphatic carbocycles. The zero-order valence-electron chi connectivity index (χ0n) is 17.1. The van der Waals surface area contributed by atoms with Crippen molar-refractivity contribution in [2.45, 2.75) is 0 Å². The van der Waals surface area contributed by atoms with Gasteiger partial charge in [0.25, 0.3) is 11.8 Å². The first-order chi connectivity index (χ1) is 14.9. The van der Waals surface area contributed by atoms with Crippen molar-refractivity contribution < 1.29 is 23.8 Å². The zero-order chi connectivity index (χ0) is 22.4. The lowest BCUT2D eigenvalue weighted by molar-refractivity contribution is -0.131. The average molecular weight is 557 g/mol. The molecule has 1 heterocycles.